The van der Waals surface area contributed by atoms with Crippen LogP contribution in [0, 0.1) is 5.92 Å². The lowest BCUT2D eigenvalue weighted by molar-refractivity contribution is -0.130. The van der Waals surface area contributed by atoms with Crippen LogP contribution in [0.5, 0.6) is 0 Å². The van der Waals surface area contributed by atoms with Crippen molar-refractivity contribution in [3.63, 3.8) is 0 Å². The highest BCUT2D eigenvalue weighted by atomic mass is 16.2. The van der Waals surface area contributed by atoms with E-state index in [1.54, 1.807) is 6.92 Å². The molecule has 2 atom stereocenters. The van der Waals surface area contributed by atoms with Crippen molar-refractivity contribution in [2.45, 2.75) is 19.9 Å². The van der Waals surface area contributed by atoms with Gasteiger partial charge in [-0.15, -0.1) is 0 Å². The van der Waals surface area contributed by atoms with Gasteiger partial charge >= 0.3 is 0 Å². The van der Waals surface area contributed by atoms with Gasteiger partial charge in [-0.2, -0.15) is 0 Å². The van der Waals surface area contributed by atoms with Crippen LogP contribution in [0.25, 0.3) is 0 Å². The zero-order chi connectivity index (χ0) is 10.8. The Hall–Kier alpha value is -0.610. The van der Waals surface area contributed by atoms with Gasteiger partial charge in [-0.3, -0.25) is 9.69 Å². The quantitative estimate of drug-likeness (QED) is 0.650. The smallest absolute Gasteiger partial charge is 0.219 e. The highest BCUT2D eigenvalue weighted by molar-refractivity contribution is 5.73. The molecule has 0 aromatic carbocycles. The number of hydrogen-bond donors (Lipinski definition) is 1. The van der Waals surface area contributed by atoms with Crippen LogP contribution < -0.4 is 5.32 Å². The number of carbonyl (C=O) groups is 1. The number of rotatable bonds is 1. The van der Waals surface area contributed by atoms with Crippen LogP contribution in [0.4, 0.5) is 0 Å². The Bertz CT molecular complexity index is 236. The molecule has 2 fully saturated rings. The summed E-state index contributed by atoms with van der Waals surface area (Å²) >= 11 is 0. The third kappa shape index (κ3) is 2.32. The minimum absolute atomic E-state index is 0.215. The number of piperazine rings is 1. The number of hydrogen-bond acceptors (Lipinski definition) is 3. The van der Waals surface area contributed by atoms with Crippen molar-refractivity contribution in [3.8, 4) is 0 Å². The molecule has 1 amide bonds. The van der Waals surface area contributed by atoms with Gasteiger partial charge in [0.05, 0.1) is 0 Å². The molecule has 2 aliphatic rings. The second-order valence-electron chi connectivity index (χ2n) is 4.74. The van der Waals surface area contributed by atoms with Gasteiger partial charge in [0.25, 0.3) is 0 Å². The fourth-order valence-electron chi connectivity index (χ4n) is 2.65. The molecular weight excluding hydrogens is 190 g/mol. The summed E-state index contributed by atoms with van der Waals surface area (Å²) in [5.41, 5.74) is 0. The second kappa shape index (κ2) is 4.49. The first kappa shape index (κ1) is 10.9. The maximum Gasteiger partial charge on any atom is 0.219 e. The van der Waals surface area contributed by atoms with Crippen LogP contribution in [-0.2, 0) is 4.79 Å². The number of carbonyl (C=O) groups excluding carboxylic acids is 1. The molecule has 0 saturated carbocycles. The third-order valence-electron chi connectivity index (χ3n) is 3.71. The molecule has 0 radical (unpaired) electrons. The van der Waals surface area contributed by atoms with Crippen LogP contribution >= 0.6 is 0 Å². The molecule has 0 spiro atoms. The summed E-state index contributed by atoms with van der Waals surface area (Å²) in [4.78, 5) is 15.7. The van der Waals surface area contributed by atoms with E-state index in [0.29, 0.717) is 6.04 Å². The van der Waals surface area contributed by atoms with Gasteiger partial charge < -0.3 is 10.2 Å². The highest BCUT2D eigenvalue weighted by Gasteiger charge is 2.31. The Balaban J connectivity index is 1.85. The fourth-order valence-corrected chi connectivity index (χ4v) is 2.65. The van der Waals surface area contributed by atoms with Crippen LogP contribution in [-0.4, -0.2) is 61.0 Å². The van der Waals surface area contributed by atoms with E-state index < -0.39 is 0 Å². The fraction of sp³-hybridized carbons (Fsp3) is 0.909. The molecule has 86 valence electrons. The van der Waals surface area contributed by atoms with Crippen molar-refractivity contribution in [3.05, 3.63) is 0 Å². The van der Waals surface area contributed by atoms with E-state index in [4.69, 9.17) is 0 Å². The second-order valence-corrected chi connectivity index (χ2v) is 4.74. The largest absolute Gasteiger partial charge is 0.340 e. The van der Waals surface area contributed by atoms with Crippen molar-refractivity contribution >= 4 is 5.91 Å². The Labute approximate surface area is 91.6 Å². The molecule has 15 heavy (non-hydrogen) atoms. The van der Waals surface area contributed by atoms with Crippen LogP contribution in [0.3, 0.4) is 0 Å². The summed E-state index contributed by atoms with van der Waals surface area (Å²) in [6, 6.07) is 0.680. The van der Waals surface area contributed by atoms with Gasteiger partial charge in [0.2, 0.25) is 5.91 Å². The summed E-state index contributed by atoms with van der Waals surface area (Å²) in [6.45, 7) is 10.1. The zero-order valence-corrected chi connectivity index (χ0v) is 9.70. The molecule has 0 aromatic heterocycles. The lowest BCUT2D eigenvalue weighted by Gasteiger charge is -2.38. The van der Waals surface area contributed by atoms with E-state index in [-0.39, 0.29) is 5.91 Å². The van der Waals surface area contributed by atoms with E-state index in [1.165, 1.54) is 0 Å². The van der Waals surface area contributed by atoms with Gasteiger partial charge in [-0.25, -0.2) is 0 Å². The molecular formula is C11H21N3O. The number of nitrogens with zero attached hydrogens (tertiary/aromatic N) is 2. The first-order valence-corrected chi connectivity index (χ1v) is 5.89. The summed E-state index contributed by atoms with van der Waals surface area (Å²) < 4.78 is 0. The van der Waals surface area contributed by atoms with E-state index in [0.717, 1.165) is 45.2 Å². The molecule has 1 N–H and O–H groups in total. The molecule has 0 bridgehead atoms. The molecule has 0 aromatic rings. The van der Waals surface area contributed by atoms with Gasteiger partial charge in [-0.1, -0.05) is 6.92 Å². The molecule has 2 aliphatic heterocycles. The Kier molecular flexibility index (Phi) is 3.26. The Morgan fingerprint density at radius 1 is 1.20 bits per heavy atom. The van der Waals surface area contributed by atoms with Crippen LogP contribution in [0.15, 0.2) is 0 Å². The topological polar surface area (TPSA) is 35.6 Å². The molecule has 0 unspecified atom stereocenters. The van der Waals surface area contributed by atoms with Crippen molar-refractivity contribution in [1.82, 2.24) is 15.1 Å². The summed E-state index contributed by atoms with van der Waals surface area (Å²) in [5.74, 6) is 0.959. The lowest BCUT2D eigenvalue weighted by Crippen LogP contribution is -2.53. The maximum absolute atomic E-state index is 11.2. The average Bonchev–Trinajstić information content (AvgIpc) is 2.65. The third-order valence-corrected chi connectivity index (χ3v) is 3.71. The predicted octanol–water partition coefficient (Wildman–Crippen LogP) is -0.242. The normalized spacial score (nSPS) is 33.3. The average molecular weight is 211 g/mol. The molecule has 4 nitrogen and oxygen atoms in total. The number of amides is 1. The summed E-state index contributed by atoms with van der Waals surface area (Å²) in [7, 11) is 0. The van der Waals surface area contributed by atoms with Crippen molar-refractivity contribution in [1.29, 1.82) is 0 Å². The van der Waals surface area contributed by atoms with Gasteiger partial charge in [-0.05, 0) is 12.5 Å². The van der Waals surface area contributed by atoms with Gasteiger partial charge in [0.15, 0.2) is 0 Å². The minimum atomic E-state index is 0.215. The maximum atomic E-state index is 11.2. The predicted molar refractivity (Wildman–Crippen MR) is 59.6 cm³/mol. The molecule has 2 heterocycles. The standard InChI is InChI=1S/C11H21N3O/c1-9-7-12-8-11(9)14-5-3-13(4-6-14)10(2)15/h9,11-12H,3-8H2,1-2H3/t9-,11-/m1/s1. The molecule has 0 aliphatic carbocycles. The summed E-state index contributed by atoms with van der Waals surface area (Å²) in [5, 5.41) is 3.43. The van der Waals surface area contributed by atoms with E-state index in [1.807, 2.05) is 4.90 Å². The minimum Gasteiger partial charge on any atom is -0.340 e. The molecule has 4 heteroatoms. The summed E-state index contributed by atoms with van der Waals surface area (Å²) in [6.07, 6.45) is 0. The van der Waals surface area contributed by atoms with Crippen molar-refractivity contribution in [2.24, 2.45) is 5.92 Å². The van der Waals surface area contributed by atoms with Gasteiger partial charge in [0.1, 0.15) is 0 Å². The van der Waals surface area contributed by atoms with E-state index in [2.05, 4.69) is 17.1 Å². The van der Waals surface area contributed by atoms with Crippen LogP contribution in [0.2, 0.25) is 0 Å². The SMILES string of the molecule is CC(=O)N1CCN([C@@H]2CNC[C@H]2C)CC1. The zero-order valence-electron chi connectivity index (χ0n) is 9.70. The number of nitrogens with one attached hydrogen (secondary N) is 1. The molecule has 2 rings (SSSR count). The Morgan fingerprint density at radius 3 is 2.33 bits per heavy atom. The van der Waals surface area contributed by atoms with Gasteiger partial charge in [0, 0.05) is 45.7 Å². The Morgan fingerprint density at radius 2 is 1.87 bits per heavy atom. The van der Waals surface area contributed by atoms with E-state index in [9.17, 15) is 4.79 Å². The highest BCUT2D eigenvalue weighted by Crippen LogP contribution is 2.17. The monoisotopic (exact) mass is 211 g/mol. The van der Waals surface area contributed by atoms with Crippen LogP contribution in [0.1, 0.15) is 13.8 Å². The first-order chi connectivity index (χ1) is 7.18. The lowest BCUT2D eigenvalue weighted by atomic mass is 10.0. The van der Waals surface area contributed by atoms with E-state index >= 15 is 0 Å². The van der Waals surface area contributed by atoms with Crippen molar-refractivity contribution < 1.29 is 4.79 Å². The molecule has 2 saturated heterocycles. The first-order valence-electron chi connectivity index (χ1n) is 5.89. The van der Waals surface area contributed by atoms with Crippen molar-refractivity contribution in [2.75, 3.05) is 39.3 Å².